The molecule has 3 rings (SSSR count). The Labute approximate surface area is 157 Å². The number of aryl methyl sites for hydroxylation is 2. The van der Waals surface area contributed by atoms with Crippen molar-refractivity contribution in [2.45, 2.75) is 46.6 Å². The molecule has 0 spiro atoms. The van der Waals surface area contributed by atoms with Crippen molar-refractivity contribution in [3.8, 4) is 0 Å². The van der Waals surface area contributed by atoms with Crippen LogP contribution in [0.25, 0.3) is 0 Å². The van der Waals surface area contributed by atoms with Gasteiger partial charge in [0.05, 0.1) is 28.2 Å². The predicted octanol–water partition coefficient (Wildman–Crippen LogP) is 2.77. The Balaban J connectivity index is 1.85. The number of thiazole rings is 1. The molecule has 0 unspecified atom stereocenters. The quantitative estimate of drug-likeness (QED) is 0.839. The molecular weight excluding hydrogens is 372 g/mol. The van der Waals surface area contributed by atoms with Crippen LogP contribution in [0, 0.1) is 19.8 Å². The number of carbonyl (C=O) groups excluding carboxylic acids is 1. The molecule has 0 saturated carbocycles. The lowest BCUT2D eigenvalue weighted by molar-refractivity contribution is 0.102. The third kappa shape index (κ3) is 4.15. The minimum absolute atomic E-state index is 0.0609. The molecule has 1 fully saturated rings. The van der Waals surface area contributed by atoms with E-state index in [2.05, 4.69) is 29.2 Å². The van der Waals surface area contributed by atoms with Crippen molar-refractivity contribution in [1.82, 2.24) is 14.8 Å². The van der Waals surface area contributed by atoms with Crippen molar-refractivity contribution < 1.29 is 13.2 Å². The Bertz CT molecular complexity index is 928. The minimum Gasteiger partial charge on any atom is -0.305 e. The van der Waals surface area contributed by atoms with Crippen LogP contribution in [0.1, 0.15) is 52.4 Å². The van der Waals surface area contributed by atoms with Gasteiger partial charge in [-0.1, -0.05) is 13.8 Å². The zero-order valence-electron chi connectivity index (χ0n) is 15.4. The van der Waals surface area contributed by atoms with Crippen LogP contribution in [-0.2, 0) is 16.3 Å². The molecule has 2 aromatic rings. The Morgan fingerprint density at radius 1 is 1.42 bits per heavy atom. The maximum Gasteiger partial charge on any atom is 0.276 e. The standard InChI is InChI=1S/C17H24N4O3S2/c1-10(2)7-14-16(18-12(4)25-14)17(22)19-15-8-11(3)20-21(15)13-5-6-26(23,24)9-13/h8,10,13H,5-7,9H2,1-4H3,(H,19,22)/t13-/m0/s1. The van der Waals surface area contributed by atoms with E-state index in [4.69, 9.17) is 0 Å². The van der Waals surface area contributed by atoms with E-state index >= 15 is 0 Å². The first-order valence-electron chi connectivity index (χ1n) is 8.69. The van der Waals surface area contributed by atoms with E-state index in [1.807, 2.05) is 13.8 Å². The van der Waals surface area contributed by atoms with E-state index in [0.717, 1.165) is 22.0 Å². The van der Waals surface area contributed by atoms with E-state index in [0.29, 0.717) is 23.9 Å². The fourth-order valence-electron chi connectivity index (χ4n) is 3.19. The van der Waals surface area contributed by atoms with Crippen molar-refractivity contribution in [2.24, 2.45) is 5.92 Å². The molecule has 0 aliphatic carbocycles. The monoisotopic (exact) mass is 396 g/mol. The minimum atomic E-state index is -3.03. The molecule has 1 atom stereocenters. The summed E-state index contributed by atoms with van der Waals surface area (Å²) in [5.74, 6) is 0.903. The summed E-state index contributed by atoms with van der Waals surface area (Å²) in [7, 11) is -3.03. The summed E-state index contributed by atoms with van der Waals surface area (Å²) in [6.07, 6.45) is 1.31. The lowest BCUT2D eigenvalue weighted by atomic mass is 10.1. The Morgan fingerprint density at radius 2 is 2.15 bits per heavy atom. The summed E-state index contributed by atoms with van der Waals surface area (Å²) in [5.41, 5.74) is 1.19. The first-order valence-corrected chi connectivity index (χ1v) is 11.3. The van der Waals surface area contributed by atoms with Crippen LogP contribution in [0.2, 0.25) is 0 Å². The summed E-state index contributed by atoms with van der Waals surface area (Å²) >= 11 is 1.54. The highest BCUT2D eigenvalue weighted by molar-refractivity contribution is 7.91. The average molecular weight is 397 g/mol. The van der Waals surface area contributed by atoms with Gasteiger partial charge in [-0.2, -0.15) is 5.10 Å². The van der Waals surface area contributed by atoms with Crippen LogP contribution in [0.15, 0.2) is 6.07 Å². The number of sulfone groups is 1. The van der Waals surface area contributed by atoms with Gasteiger partial charge >= 0.3 is 0 Å². The first-order chi connectivity index (χ1) is 12.1. The van der Waals surface area contributed by atoms with Gasteiger partial charge in [-0.3, -0.25) is 4.79 Å². The Morgan fingerprint density at radius 3 is 2.77 bits per heavy atom. The highest BCUT2D eigenvalue weighted by atomic mass is 32.2. The SMILES string of the molecule is Cc1cc(NC(=O)c2nc(C)sc2CC(C)C)n([C@H]2CCS(=O)(=O)C2)n1. The number of anilines is 1. The number of nitrogens with one attached hydrogen (secondary N) is 1. The molecule has 142 valence electrons. The van der Waals surface area contributed by atoms with Crippen LogP contribution in [-0.4, -0.2) is 40.6 Å². The summed E-state index contributed by atoms with van der Waals surface area (Å²) in [6, 6.07) is 1.53. The summed E-state index contributed by atoms with van der Waals surface area (Å²) in [5, 5.41) is 8.15. The second kappa shape index (κ2) is 7.11. The molecule has 0 radical (unpaired) electrons. The topological polar surface area (TPSA) is 94.0 Å². The van der Waals surface area contributed by atoms with E-state index in [-0.39, 0.29) is 23.5 Å². The zero-order valence-corrected chi connectivity index (χ0v) is 17.1. The van der Waals surface area contributed by atoms with Crippen molar-refractivity contribution in [3.05, 3.63) is 27.3 Å². The number of nitrogens with zero attached hydrogens (tertiary/aromatic N) is 3. The maximum absolute atomic E-state index is 12.8. The molecule has 1 N–H and O–H groups in total. The smallest absolute Gasteiger partial charge is 0.276 e. The predicted molar refractivity (Wildman–Crippen MR) is 103 cm³/mol. The molecule has 9 heteroatoms. The van der Waals surface area contributed by atoms with Gasteiger partial charge in [-0.25, -0.2) is 18.1 Å². The lowest BCUT2D eigenvalue weighted by Gasteiger charge is -2.13. The van der Waals surface area contributed by atoms with Gasteiger partial charge in [-0.05, 0) is 32.6 Å². The van der Waals surface area contributed by atoms with Gasteiger partial charge in [0, 0.05) is 10.9 Å². The number of carbonyl (C=O) groups is 1. The Kier molecular flexibility index (Phi) is 5.21. The number of hydrogen-bond donors (Lipinski definition) is 1. The van der Waals surface area contributed by atoms with Crippen LogP contribution < -0.4 is 5.32 Å². The molecule has 1 saturated heterocycles. The van der Waals surface area contributed by atoms with E-state index in [1.165, 1.54) is 0 Å². The van der Waals surface area contributed by atoms with Gasteiger partial charge in [0.25, 0.3) is 5.91 Å². The molecule has 1 aliphatic heterocycles. The number of hydrogen-bond acceptors (Lipinski definition) is 6. The van der Waals surface area contributed by atoms with Gasteiger partial charge in [0.2, 0.25) is 0 Å². The average Bonchev–Trinajstić information content (AvgIpc) is 3.16. The van der Waals surface area contributed by atoms with Gasteiger partial charge in [0.15, 0.2) is 9.84 Å². The second-order valence-corrected chi connectivity index (χ2v) is 10.7. The highest BCUT2D eigenvalue weighted by Crippen LogP contribution is 2.28. The number of amides is 1. The van der Waals surface area contributed by atoms with Crippen LogP contribution in [0.3, 0.4) is 0 Å². The summed E-state index contributed by atoms with van der Waals surface area (Å²) < 4.78 is 25.2. The number of rotatable bonds is 5. The summed E-state index contributed by atoms with van der Waals surface area (Å²) in [6.45, 7) is 7.93. The third-order valence-electron chi connectivity index (χ3n) is 4.27. The van der Waals surface area contributed by atoms with Crippen molar-refractivity contribution in [1.29, 1.82) is 0 Å². The first kappa shape index (κ1) is 19.0. The zero-order chi connectivity index (χ0) is 19.1. The molecule has 7 nitrogen and oxygen atoms in total. The number of aromatic nitrogens is 3. The molecular formula is C17H24N4O3S2. The fourth-order valence-corrected chi connectivity index (χ4v) is 6.03. The largest absolute Gasteiger partial charge is 0.305 e. The van der Waals surface area contributed by atoms with Crippen LogP contribution in [0.5, 0.6) is 0 Å². The van der Waals surface area contributed by atoms with Crippen molar-refractivity contribution >= 4 is 32.9 Å². The van der Waals surface area contributed by atoms with Gasteiger partial charge in [0.1, 0.15) is 11.5 Å². The van der Waals surface area contributed by atoms with Crippen molar-refractivity contribution in [2.75, 3.05) is 16.8 Å². The third-order valence-corrected chi connectivity index (χ3v) is 7.01. The van der Waals surface area contributed by atoms with E-state index < -0.39 is 9.84 Å². The van der Waals surface area contributed by atoms with E-state index in [9.17, 15) is 13.2 Å². The molecule has 1 amide bonds. The molecule has 3 heterocycles. The van der Waals surface area contributed by atoms with E-state index in [1.54, 1.807) is 22.1 Å². The molecule has 0 bridgehead atoms. The molecule has 2 aromatic heterocycles. The summed E-state index contributed by atoms with van der Waals surface area (Å²) in [4.78, 5) is 18.2. The molecule has 1 aliphatic rings. The van der Waals surface area contributed by atoms with Crippen molar-refractivity contribution in [3.63, 3.8) is 0 Å². The van der Waals surface area contributed by atoms with Crippen LogP contribution >= 0.6 is 11.3 Å². The molecule has 26 heavy (non-hydrogen) atoms. The van der Waals surface area contributed by atoms with Crippen LogP contribution in [0.4, 0.5) is 5.82 Å². The maximum atomic E-state index is 12.8. The van der Waals surface area contributed by atoms with Gasteiger partial charge in [-0.15, -0.1) is 11.3 Å². The van der Waals surface area contributed by atoms with Gasteiger partial charge < -0.3 is 5.32 Å². The lowest BCUT2D eigenvalue weighted by Crippen LogP contribution is -2.20. The Hall–Kier alpha value is -1.74. The fraction of sp³-hybridized carbons (Fsp3) is 0.588. The normalized spacial score (nSPS) is 19.2. The highest BCUT2D eigenvalue weighted by Gasteiger charge is 2.31. The second-order valence-electron chi connectivity index (χ2n) is 7.23. The molecule has 0 aromatic carbocycles.